The number of benzene rings is 3. The van der Waals surface area contributed by atoms with Crippen LogP contribution in [0.15, 0.2) is 77.6 Å². The van der Waals surface area contributed by atoms with Gasteiger partial charge >= 0.3 is 0 Å². The molecule has 1 aromatic heterocycles. The average Bonchev–Trinajstić information content (AvgIpc) is 2.81. The van der Waals surface area contributed by atoms with Crippen LogP contribution < -0.4 is 16.2 Å². The monoisotopic (exact) mass is 458 g/mol. The van der Waals surface area contributed by atoms with Crippen LogP contribution in [0.4, 0.5) is 15.8 Å². The number of nitrogens with one attached hydrogen (secondary N) is 2. The number of amides is 2. The summed E-state index contributed by atoms with van der Waals surface area (Å²) in [6, 6.07) is 18.8. The van der Waals surface area contributed by atoms with Crippen LogP contribution >= 0.6 is 0 Å². The average molecular weight is 458 g/mol. The highest BCUT2D eigenvalue weighted by Gasteiger charge is 2.18. The van der Waals surface area contributed by atoms with E-state index in [0.29, 0.717) is 28.7 Å². The first-order valence-corrected chi connectivity index (χ1v) is 10.8. The molecule has 0 atom stereocenters. The van der Waals surface area contributed by atoms with Gasteiger partial charge in [0.05, 0.1) is 5.39 Å². The number of halogens is 1. The van der Waals surface area contributed by atoms with E-state index in [4.69, 9.17) is 0 Å². The molecule has 1 heterocycles. The Balaban J connectivity index is 1.61. The van der Waals surface area contributed by atoms with Crippen molar-refractivity contribution in [1.82, 2.24) is 9.78 Å². The number of carbonyl (C=O) groups is 2. The first-order valence-electron chi connectivity index (χ1n) is 10.8. The number of aromatic nitrogens is 2. The number of rotatable bonds is 6. The minimum atomic E-state index is -0.503. The summed E-state index contributed by atoms with van der Waals surface area (Å²) in [7, 11) is 0. The lowest BCUT2D eigenvalue weighted by atomic mass is 10.1. The second-order valence-electron chi connectivity index (χ2n) is 8.27. The Morgan fingerprint density at radius 3 is 2.24 bits per heavy atom. The van der Waals surface area contributed by atoms with Gasteiger partial charge in [-0.25, -0.2) is 9.07 Å². The lowest BCUT2D eigenvalue weighted by Gasteiger charge is -2.13. The lowest BCUT2D eigenvalue weighted by molar-refractivity contribution is 0.101. The first kappa shape index (κ1) is 22.8. The fourth-order valence-electron chi connectivity index (χ4n) is 3.57. The number of anilines is 2. The summed E-state index contributed by atoms with van der Waals surface area (Å²) in [6.45, 7) is 4.30. The molecule has 7 nitrogen and oxygen atoms in total. The topological polar surface area (TPSA) is 93.1 Å². The zero-order chi connectivity index (χ0) is 24.2. The van der Waals surface area contributed by atoms with Crippen molar-refractivity contribution in [2.24, 2.45) is 5.92 Å². The molecule has 0 aliphatic carbocycles. The Morgan fingerprint density at radius 2 is 1.53 bits per heavy atom. The van der Waals surface area contributed by atoms with Gasteiger partial charge in [-0.1, -0.05) is 44.2 Å². The summed E-state index contributed by atoms with van der Waals surface area (Å²) in [6.07, 6.45) is 0. The van der Waals surface area contributed by atoms with E-state index in [0.717, 1.165) is 0 Å². The van der Waals surface area contributed by atoms with Gasteiger partial charge in [-0.15, -0.1) is 0 Å². The van der Waals surface area contributed by atoms with Crippen molar-refractivity contribution in [3.63, 3.8) is 0 Å². The Kier molecular flexibility index (Phi) is 6.49. The van der Waals surface area contributed by atoms with E-state index in [9.17, 15) is 18.8 Å². The van der Waals surface area contributed by atoms with E-state index in [1.54, 1.807) is 48.5 Å². The maximum absolute atomic E-state index is 13.4. The Bertz CT molecular complexity index is 1450. The zero-order valence-corrected chi connectivity index (χ0v) is 18.7. The van der Waals surface area contributed by atoms with Gasteiger partial charge in [0.15, 0.2) is 5.69 Å². The smallest absolute Gasteiger partial charge is 0.276 e. The van der Waals surface area contributed by atoms with Crippen LogP contribution in [0.5, 0.6) is 0 Å². The number of nitrogens with zero attached hydrogens (tertiary/aromatic N) is 2. The predicted octanol–water partition coefficient (Wildman–Crippen LogP) is 4.70. The standard InChI is InChI=1S/C26H23FN4O3/c1-16(2)15-31-26(34)22-12-4-3-11-21(22)23(30-31)25(33)29-19-9-5-7-17(13-19)24(32)28-20-10-6-8-18(27)14-20/h3-14,16H,15H2,1-2H3,(H,28,32)(H,29,33). The molecule has 2 amide bonds. The fraction of sp³-hybridized carbons (Fsp3) is 0.154. The molecule has 3 aromatic carbocycles. The van der Waals surface area contributed by atoms with Gasteiger partial charge in [-0.3, -0.25) is 14.4 Å². The first-order chi connectivity index (χ1) is 16.3. The molecule has 0 bridgehead atoms. The largest absolute Gasteiger partial charge is 0.322 e. The molecule has 0 saturated heterocycles. The maximum Gasteiger partial charge on any atom is 0.276 e. The van der Waals surface area contributed by atoms with Gasteiger partial charge in [-0.2, -0.15) is 5.10 Å². The van der Waals surface area contributed by atoms with Gasteiger partial charge in [-0.05, 0) is 48.4 Å². The highest BCUT2D eigenvalue weighted by atomic mass is 19.1. The third-order valence-corrected chi connectivity index (χ3v) is 5.09. The van der Waals surface area contributed by atoms with Crippen LogP contribution in [0.2, 0.25) is 0 Å². The van der Waals surface area contributed by atoms with Crippen LogP contribution in [-0.4, -0.2) is 21.6 Å². The van der Waals surface area contributed by atoms with Crippen LogP contribution in [0.1, 0.15) is 34.7 Å². The number of hydrogen-bond acceptors (Lipinski definition) is 4. The molecule has 8 heteroatoms. The van der Waals surface area contributed by atoms with Crippen LogP contribution in [0.3, 0.4) is 0 Å². The normalized spacial score (nSPS) is 10.9. The highest BCUT2D eigenvalue weighted by molar-refractivity contribution is 6.11. The fourth-order valence-corrected chi connectivity index (χ4v) is 3.57. The summed E-state index contributed by atoms with van der Waals surface area (Å²) < 4.78 is 14.7. The number of fused-ring (bicyclic) bond motifs is 1. The summed E-state index contributed by atoms with van der Waals surface area (Å²) in [5.41, 5.74) is 0.846. The van der Waals surface area contributed by atoms with Gasteiger partial charge < -0.3 is 10.6 Å². The Hall–Kier alpha value is -4.33. The van der Waals surface area contributed by atoms with Crippen molar-refractivity contribution in [2.45, 2.75) is 20.4 Å². The summed E-state index contributed by atoms with van der Waals surface area (Å²) in [5.74, 6) is -1.25. The third-order valence-electron chi connectivity index (χ3n) is 5.09. The van der Waals surface area contributed by atoms with Crippen LogP contribution in [-0.2, 0) is 6.54 Å². The van der Waals surface area contributed by atoms with E-state index in [1.807, 2.05) is 13.8 Å². The third kappa shape index (κ3) is 5.01. The van der Waals surface area contributed by atoms with Gasteiger partial charge in [0, 0.05) is 28.9 Å². The van der Waals surface area contributed by atoms with Crippen molar-refractivity contribution in [3.8, 4) is 0 Å². The van der Waals surface area contributed by atoms with Crippen LogP contribution in [0, 0.1) is 11.7 Å². The quantitative estimate of drug-likeness (QED) is 0.438. The highest BCUT2D eigenvalue weighted by Crippen LogP contribution is 2.18. The molecule has 0 saturated carbocycles. The molecule has 0 fully saturated rings. The van der Waals surface area contributed by atoms with Crippen LogP contribution in [0.25, 0.3) is 10.8 Å². The Morgan fingerprint density at radius 1 is 0.882 bits per heavy atom. The van der Waals surface area contributed by atoms with E-state index >= 15 is 0 Å². The minimum absolute atomic E-state index is 0.116. The Labute approximate surface area is 195 Å². The minimum Gasteiger partial charge on any atom is -0.322 e. The molecule has 2 N–H and O–H groups in total. The van der Waals surface area contributed by atoms with Crippen molar-refractivity contribution < 1.29 is 14.0 Å². The van der Waals surface area contributed by atoms with E-state index in [-0.39, 0.29) is 22.7 Å². The van der Waals surface area contributed by atoms with E-state index in [2.05, 4.69) is 15.7 Å². The number of hydrogen-bond donors (Lipinski definition) is 2. The second-order valence-corrected chi connectivity index (χ2v) is 8.27. The zero-order valence-electron chi connectivity index (χ0n) is 18.7. The summed E-state index contributed by atoms with van der Waals surface area (Å²) in [4.78, 5) is 38.5. The van der Waals surface area contributed by atoms with Crippen molar-refractivity contribution in [2.75, 3.05) is 10.6 Å². The molecule has 34 heavy (non-hydrogen) atoms. The van der Waals surface area contributed by atoms with Gasteiger partial charge in [0.2, 0.25) is 0 Å². The van der Waals surface area contributed by atoms with E-state index in [1.165, 1.54) is 28.9 Å². The van der Waals surface area contributed by atoms with Gasteiger partial charge in [0.25, 0.3) is 17.4 Å². The SMILES string of the molecule is CC(C)Cn1nc(C(=O)Nc2cccc(C(=O)Nc3cccc(F)c3)c2)c2ccccc2c1=O. The predicted molar refractivity (Wildman–Crippen MR) is 130 cm³/mol. The lowest BCUT2D eigenvalue weighted by Crippen LogP contribution is -2.29. The molecule has 0 aliphatic rings. The van der Waals surface area contributed by atoms with Crippen molar-refractivity contribution >= 4 is 34.0 Å². The molecular weight excluding hydrogens is 435 g/mol. The molecule has 4 aromatic rings. The van der Waals surface area contributed by atoms with E-state index < -0.39 is 17.6 Å². The molecule has 172 valence electrons. The molecule has 0 aliphatic heterocycles. The molecule has 4 rings (SSSR count). The maximum atomic E-state index is 13.4. The van der Waals surface area contributed by atoms with Crippen molar-refractivity contribution in [1.29, 1.82) is 0 Å². The van der Waals surface area contributed by atoms with Gasteiger partial charge in [0.1, 0.15) is 5.82 Å². The molecule has 0 radical (unpaired) electrons. The molecule has 0 spiro atoms. The summed E-state index contributed by atoms with van der Waals surface area (Å²) >= 11 is 0. The molecule has 0 unspecified atom stereocenters. The van der Waals surface area contributed by atoms with Crippen molar-refractivity contribution in [3.05, 3.63) is 100 Å². The second kappa shape index (κ2) is 9.66. The molecular formula is C26H23FN4O3. The number of carbonyl (C=O) groups excluding carboxylic acids is 2. The summed E-state index contributed by atoms with van der Waals surface area (Å²) in [5, 5.41) is 10.6.